The van der Waals surface area contributed by atoms with E-state index in [4.69, 9.17) is 9.47 Å². The Bertz CT molecular complexity index is 1030. The fourth-order valence-corrected chi connectivity index (χ4v) is 2.63. The maximum Gasteiger partial charge on any atom is 0.162 e. The van der Waals surface area contributed by atoms with Crippen molar-refractivity contribution in [2.24, 2.45) is 0 Å². The number of nitrogens with one attached hydrogen (secondary N) is 2. The van der Waals surface area contributed by atoms with E-state index >= 15 is 0 Å². The molecule has 2 N–H and O–H groups in total. The van der Waals surface area contributed by atoms with Gasteiger partial charge in [-0.15, -0.1) is 12.4 Å². The predicted octanol–water partition coefficient (Wildman–Crippen LogP) is 3.69. The van der Waals surface area contributed by atoms with Crippen molar-refractivity contribution < 1.29 is 9.47 Å². The fraction of sp³-hybridized carbons (Fsp3) is 0.118. The quantitative estimate of drug-likeness (QED) is 0.579. The van der Waals surface area contributed by atoms with Crippen LogP contribution in [0.3, 0.4) is 0 Å². The molecule has 0 aliphatic rings. The zero-order chi connectivity index (χ0) is 16.5. The van der Waals surface area contributed by atoms with Gasteiger partial charge in [0.15, 0.2) is 11.5 Å². The van der Waals surface area contributed by atoms with E-state index in [0.29, 0.717) is 17.3 Å². The number of methoxy groups -OCH3 is 2. The van der Waals surface area contributed by atoms with Gasteiger partial charge in [0.25, 0.3) is 0 Å². The summed E-state index contributed by atoms with van der Waals surface area (Å²) in [5.41, 5.74) is 2.63. The summed E-state index contributed by atoms with van der Waals surface area (Å²) in [5.74, 6) is 1.96. The van der Waals surface area contributed by atoms with Crippen LogP contribution in [0.5, 0.6) is 11.5 Å². The minimum Gasteiger partial charge on any atom is -0.493 e. The number of rotatable bonds is 4. The highest BCUT2D eigenvalue weighted by Gasteiger charge is 2.11. The Labute approximate surface area is 149 Å². The van der Waals surface area contributed by atoms with Gasteiger partial charge >= 0.3 is 0 Å². The molecule has 4 rings (SSSR count). The van der Waals surface area contributed by atoms with E-state index in [9.17, 15) is 0 Å². The number of benzene rings is 2. The van der Waals surface area contributed by atoms with E-state index in [0.717, 1.165) is 27.5 Å². The number of halogens is 1. The van der Waals surface area contributed by atoms with Crippen LogP contribution in [-0.4, -0.2) is 34.4 Å². The van der Waals surface area contributed by atoms with Crippen LogP contribution >= 0.6 is 12.4 Å². The number of anilines is 2. The van der Waals surface area contributed by atoms with Crippen LogP contribution in [0.25, 0.3) is 21.8 Å². The average Bonchev–Trinajstić information content (AvgIpc) is 3.08. The van der Waals surface area contributed by atoms with Crippen molar-refractivity contribution >= 4 is 45.7 Å². The van der Waals surface area contributed by atoms with E-state index in [-0.39, 0.29) is 12.4 Å². The highest BCUT2D eigenvalue weighted by atomic mass is 35.5. The minimum absolute atomic E-state index is 0. The van der Waals surface area contributed by atoms with Crippen molar-refractivity contribution in [2.75, 3.05) is 19.5 Å². The molecule has 0 fully saturated rings. The molecule has 4 aromatic rings. The second kappa shape index (κ2) is 6.82. The maximum atomic E-state index is 5.38. The fourth-order valence-electron chi connectivity index (χ4n) is 2.63. The van der Waals surface area contributed by atoms with Crippen molar-refractivity contribution in [3.8, 4) is 11.5 Å². The smallest absolute Gasteiger partial charge is 0.162 e. The molecule has 0 amide bonds. The molecule has 0 aliphatic heterocycles. The maximum absolute atomic E-state index is 5.38. The van der Waals surface area contributed by atoms with Crippen LogP contribution < -0.4 is 14.8 Å². The molecule has 0 bridgehead atoms. The Morgan fingerprint density at radius 1 is 1.00 bits per heavy atom. The Morgan fingerprint density at radius 2 is 1.80 bits per heavy atom. The zero-order valence-electron chi connectivity index (χ0n) is 13.6. The molecule has 25 heavy (non-hydrogen) atoms. The zero-order valence-corrected chi connectivity index (χ0v) is 14.4. The molecule has 0 radical (unpaired) electrons. The van der Waals surface area contributed by atoms with Gasteiger partial charge in [0.1, 0.15) is 12.1 Å². The third-order valence-electron chi connectivity index (χ3n) is 3.85. The normalized spacial score (nSPS) is 10.5. The lowest BCUT2D eigenvalue weighted by Gasteiger charge is -2.12. The summed E-state index contributed by atoms with van der Waals surface area (Å²) >= 11 is 0. The SMILES string of the molecule is COc1cc2ncnc(Nc3ccc4cn[nH]c4c3)c2cc1OC.Cl. The molecular weight excluding hydrogens is 342 g/mol. The van der Waals surface area contributed by atoms with Crippen LogP contribution in [0, 0.1) is 0 Å². The van der Waals surface area contributed by atoms with Gasteiger partial charge in [0.05, 0.1) is 31.4 Å². The van der Waals surface area contributed by atoms with Gasteiger partial charge in [-0.3, -0.25) is 5.10 Å². The lowest BCUT2D eigenvalue weighted by atomic mass is 10.2. The van der Waals surface area contributed by atoms with E-state index in [1.165, 1.54) is 6.33 Å². The number of aromatic nitrogens is 4. The Morgan fingerprint density at radius 3 is 2.60 bits per heavy atom. The second-order valence-electron chi connectivity index (χ2n) is 5.24. The molecule has 2 heterocycles. The number of nitrogens with zero attached hydrogens (tertiary/aromatic N) is 3. The number of aromatic amines is 1. The number of H-pyrrole nitrogens is 1. The monoisotopic (exact) mass is 357 g/mol. The molecule has 2 aromatic heterocycles. The average molecular weight is 358 g/mol. The molecule has 0 unspecified atom stereocenters. The van der Waals surface area contributed by atoms with Gasteiger partial charge in [-0.1, -0.05) is 0 Å². The van der Waals surface area contributed by atoms with E-state index < -0.39 is 0 Å². The van der Waals surface area contributed by atoms with Gasteiger partial charge in [-0.2, -0.15) is 5.10 Å². The molecule has 8 heteroatoms. The standard InChI is InChI=1S/C17H15N5O2.ClH/c1-23-15-6-12-14(7-16(15)24-2)18-9-19-17(12)21-11-4-3-10-8-20-22-13(10)5-11;/h3-9H,1-2H3,(H,20,22)(H,18,19,21);1H. The van der Waals surface area contributed by atoms with Gasteiger partial charge < -0.3 is 14.8 Å². The molecule has 7 nitrogen and oxygen atoms in total. The van der Waals surface area contributed by atoms with Crippen LogP contribution in [0.1, 0.15) is 0 Å². The van der Waals surface area contributed by atoms with E-state index in [1.54, 1.807) is 20.4 Å². The third-order valence-corrected chi connectivity index (χ3v) is 3.85. The molecule has 0 aliphatic carbocycles. The summed E-state index contributed by atoms with van der Waals surface area (Å²) in [6.07, 6.45) is 3.31. The van der Waals surface area contributed by atoms with Crippen LogP contribution in [-0.2, 0) is 0 Å². The molecule has 0 spiro atoms. The van der Waals surface area contributed by atoms with Gasteiger partial charge in [0, 0.05) is 22.5 Å². The van der Waals surface area contributed by atoms with Crippen molar-refractivity contribution in [2.45, 2.75) is 0 Å². The van der Waals surface area contributed by atoms with Gasteiger partial charge in [-0.05, 0) is 24.3 Å². The first-order valence-electron chi connectivity index (χ1n) is 7.35. The second-order valence-corrected chi connectivity index (χ2v) is 5.24. The number of hydrogen-bond acceptors (Lipinski definition) is 6. The van der Waals surface area contributed by atoms with Crippen molar-refractivity contribution in [1.82, 2.24) is 20.2 Å². The molecule has 0 atom stereocenters. The highest BCUT2D eigenvalue weighted by Crippen LogP contribution is 2.34. The van der Waals surface area contributed by atoms with Crippen molar-refractivity contribution in [3.63, 3.8) is 0 Å². The van der Waals surface area contributed by atoms with Crippen LogP contribution in [0.2, 0.25) is 0 Å². The first kappa shape index (κ1) is 16.8. The summed E-state index contributed by atoms with van der Waals surface area (Å²) in [4.78, 5) is 8.66. The van der Waals surface area contributed by atoms with E-state index in [1.807, 2.05) is 30.3 Å². The van der Waals surface area contributed by atoms with E-state index in [2.05, 4.69) is 25.5 Å². The largest absolute Gasteiger partial charge is 0.493 e. The van der Waals surface area contributed by atoms with Crippen molar-refractivity contribution in [3.05, 3.63) is 42.9 Å². The molecule has 2 aromatic carbocycles. The molecule has 0 saturated heterocycles. The Balaban J connectivity index is 0.00000182. The lowest BCUT2D eigenvalue weighted by Crippen LogP contribution is -1.98. The first-order valence-corrected chi connectivity index (χ1v) is 7.35. The summed E-state index contributed by atoms with van der Waals surface area (Å²) in [6, 6.07) is 9.65. The van der Waals surface area contributed by atoms with Gasteiger partial charge in [-0.25, -0.2) is 9.97 Å². The van der Waals surface area contributed by atoms with Crippen LogP contribution in [0.15, 0.2) is 42.9 Å². The topological polar surface area (TPSA) is 85.0 Å². The summed E-state index contributed by atoms with van der Waals surface area (Å²) < 4.78 is 10.7. The number of hydrogen-bond donors (Lipinski definition) is 2. The highest BCUT2D eigenvalue weighted by molar-refractivity contribution is 5.93. The first-order chi connectivity index (χ1) is 11.8. The van der Waals surface area contributed by atoms with Crippen LogP contribution in [0.4, 0.5) is 11.5 Å². The predicted molar refractivity (Wildman–Crippen MR) is 99.3 cm³/mol. The molecule has 128 valence electrons. The Hall–Kier alpha value is -3.06. The molecular formula is C17H16ClN5O2. The summed E-state index contributed by atoms with van der Waals surface area (Å²) in [6.45, 7) is 0. The minimum atomic E-state index is 0. The summed E-state index contributed by atoms with van der Waals surface area (Å²) in [5, 5.41) is 12.2. The molecule has 0 saturated carbocycles. The van der Waals surface area contributed by atoms with Gasteiger partial charge in [0.2, 0.25) is 0 Å². The number of fused-ring (bicyclic) bond motifs is 2. The van der Waals surface area contributed by atoms with Crippen molar-refractivity contribution in [1.29, 1.82) is 0 Å². The Kier molecular flexibility index (Phi) is 4.58. The third kappa shape index (κ3) is 3.01. The number of ether oxygens (including phenoxy) is 2. The lowest BCUT2D eigenvalue weighted by molar-refractivity contribution is 0.356. The summed E-state index contributed by atoms with van der Waals surface area (Å²) in [7, 11) is 3.20.